The number of carbonyl (C=O) groups excluding carboxylic acids is 1. The standard InChI is InChI=1S/C11H11BrF3NO/c1-10(2,16-9(17)11(13,14)15)7-3-5-8(12)6-4-7/h3-6H,1-2H3,(H,16,17). The summed E-state index contributed by atoms with van der Waals surface area (Å²) in [6.45, 7) is 3.03. The molecule has 2 nitrogen and oxygen atoms in total. The van der Waals surface area contributed by atoms with E-state index in [0.29, 0.717) is 5.56 Å². The fourth-order valence-electron chi connectivity index (χ4n) is 1.29. The first kappa shape index (κ1) is 14.0. The molecule has 0 aliphatic carbocycles. The molecule has 0 saturated carbocycles. The maximum absolute atomic E-state index is 12.1. The molecule has 0 radical (unpaired) electrons. The van der Waals surface area contributed by atoms with Crippen molar-refractivity contribution in [3.63, 3.8) is 0 Å². The number of hydrogen-bond acceptors (Lipinski definition) is 1. The lowest BCUT2D eigenvalue weighted by atomic mass is 9.94. The molecular formula is C11H11BrF3NO. The van der Waals surface area contributed by atoms with Crippen LogP contribution in [0.4, 0.5) is 13.2 Å². The van der Waals surface area contributed by atoms with Crippen LogP contribution in [-0.4, -0.2) is 12.1 Å². The van der Waals surface area contributed by atoms with E-state index in [1.807, 2.05) is 5.32 Å². The second kappa shape index (κ2) is 4.68. The molecule has 1 aromatic rings. The van der Waals surface area contributed by atoms with Gasteiger partial charge in [0.25, 0.3) is 0 Å². The van der Waals surface area contributed by atoms with Crippen LogP contribution in [-0.2, 0) is 10.3 Å². The van der Waals surface area contributed by atoms with Crippen LogP contribution < -0.4 is 5.32 Å². The minimum absolute atomic E-state index is 0.596. The summed E-state index contributed by atoms with van der Waals surface area (Å²) in [7, 11) is 0. The maximum atomic E-state index is 12.1. The zero-order valence-corrected chi connectivity index (χ0v) is 10.8. The lowest BCUT2D eigenvalue weighted by molar-refractivity contribution is -0.175. The molecule has 0 aromatic heterocycles. The Kier molecular flexibility index (Phi) is 3.86. The smallest absolute Gasteiger partial charge is 0.339 e. The summed E-state index contributed by atoms with van der Waals surface area (Å²) < 4.78 is 37.2. The molecule has 0 aliphatic rings. The average molecular weight is 310 g/mol. The van der Waals surface area contributed by atoms with Gasteiger partial charge in [0, 0.05) is 4.47 Å². The molecule has 94 valence electrons. The van der Waals surface area contributed by atoms with Crippen LogP contribution in [0, 0.1) is 0 Å². The van der Waals surface area contributed by atoms with E-state index in [0.717, 1.165) is 4.47 Å². The Balaban J connectivity index is 2.89. The second-order valence-corrected chi connectivity index (χ2v) is 5.00. The molecule has 0 heterocycles. The van der Waals surface area contributed by atoms with Crippen molar-refractivity contribution in [1.82, 2.24) is 5.32 Å². The third-order valence-corrected chi connectivity index (χ3v) is 2.78. The average Bonchev–Trinajstić information content (AvgIpc) is 2.16. The highest BCUT2D eigenvalue weighted by Gasteiger charge is 2.41. The zero-order valence-electron chi connectivity index (χ0n) is 9.23. The van der Waals surface area contributed by atoms with Gasteiger partial charge in [-0.1, -0.05) is 28.1 Å². The van der Waals surface area contributed by atoms with Crippen molar-refractivity contribution in [3.05, 3.63) is 34.3 Å². The van der Waals surface area contributed by atoms with Gasteiger partial charge in [-0.3, -0.25) is 4.79 Å². The monoisotopic (exact) mass is 309 g/mol. The molecular weight excluding hydrogens is 299 g/mol. The fourth-order valence-corrected chi connectivity index (χ4v) is 1.56. The van der Waals surface area contributed by atoms with E-state index in [1.165, 1.54) is 13.8 Å². The summed E-state index contributed by atoms with van der Waals surface area (Å²) >= 11 is 3.23. The quantitative estimate of drug-likeness (QED) is 0.891. The Morgan fingerprint density at radius 3 is 2.06 bits per heavy atom. The van der Waals surface area contributed by atoms with Crippen molar-refractivity contribution in [3.8, 4) is 0 Å². The van der Waals surface area contributed by atoms with Gasteiger partial charge >= 0.3 is 12.1 Å². The number of halogens is 4. The summed E-state index contributed by atoms with van der Waals surface area (Å²) in [5, 5.41) is 1.95. The molecule has 1 rings (SSSR count). The SMILES string of the molecule is CC(C)(NC(=O)C(F)(F)F)c1ccc(Br)cc1. The summed E-state index contributed by atoms with van der Waals surface area (Å²) in [6.07, 6.45) is -4.87. The number of benzene rings is 1. The third kappa shape index (κ3) is 3.73. The summed E-state index contributed by atoms with van der Waals surface area (Å²) in [5.74, 6) is -1.94. The highest BCUT2D eigenvalue weighted by atomic mass is 79.9. The Morgan fingerprint density at radius 1 is 1.18 bits per heavy atom. The predicted octanol–water partition coefficient (Wildman–Crippen LogP) is 3.36. The van der Waals surface area contributed by atoms with Crippen LogP contribution in [0.25, 0.3) is 0 Å². The van der Waals surface area contributed by atoms with E-state index in [1.54, 1.807) is 24.3 Å². The van der Waals surface area contributed by atoms with Crippen LogP contribution in [0.1, 0.15) is 19.4 Å². The van der Waals surface area contributed by atoms with E-state index in [9.17, 15) is 18.0 Å². The van der Waals surface area contributed by atoms with Crippen molar-refractivity contribution in [2.75, 3.05) is 0 Å². The highest BCUT2D eigenvalue weighted by molar-refractivity contribution is 9.10. The number of alkyl halides is 3. The summed E-state index contributed by atoms with van der Waals surface area (Å²) in [5.41, 5.74) is -0.480. The van der Waals surface area contributed by atoms with Gasteiger partial charge in [0.05, 0.1) is 5.54 Å². The Bertz CT molecular complexity index is 412. The van der Waals surface area contributed by atoms with Gasteiger partial charge < -0.3 is 5.32 Å². The van der Waals surface area contributed by atoms with Crippen molar-refractivity contribution < 1.29 is 18.0 Å². The molecule has 0 saturated heterocycles. The first-order valence-electron chi connectivity index (χ1n) is 4.78. The normalized spacial score (nSPS) is 12.4. The van der Waals surface area contributed by atoms with Gasteiger partial charge in [0.1, 0.15) is 0 Å². The molecule has 0 unspecified atom stereocenters. The van der Waals surface area contributed by atoms with Crippen LogP contribution in [0.3, 0.4) is 0 Å². The van der Waals surface area contributed by atoms with Crippen molar-refractivity contribution in [2.24, 2.45) is 0 Å². The molecule has 0 atom stereocenters. The first-order chi connectivity index (χ1) is 7.63. The number of rotatable bonds is 2. The molecule has 17 heavy (non-hydrogen) atoms. The lowest BCUT2D eigenvalue weighted by Gasteiger charge is -2.27. The molecule has 1 amide bonds. The van der Waals surface area contributed by atoms with Gasteiger partial charge in [0.15, 0.2) is 0 Å². The minimum Gasteiger partial charge on any atom is -0.339 e. The Hall–Kier alpha value is -1.04. The van der Waals surface area contributed by atoms with Gasteiger partial charge in [-0.05, 0) is 31.5 Å². The number of amides is 1. The number of nitrogens with one attached hydrogen (secondary N) is 1. The fraction of sp³-hybridized carbons (Fsp3) is 0.364. The van der Waals surface area contributed by atoms with Crippen LogP contribution in [0.5, 0.6) is 0 Å². The van der Waals surface area contributed by atoms with E-state index in [4.69, 9.17) is 0 Å². The van der Waals surface area contributed by atoms with E-state index < -0.39 is 17.6 Å². The second-order valence-electron chi connectivity index (χ2n) is 4.08. The third-order valence-electron chi connectivity index (χ3n) is 2.25. The molecule has 0 aliphatic heterocycles. The first-order valence-corrected chi connectivity index (χ1v) is 5.57. The Morgan fingerprint density at radius 2 is 1.65 bits per heavy atom. The molecule has 1 N–H and O–H groups in total. The Labute approximate surface area is 105 Å². The van der Waals surface area contributed by atoms with Crippen LogP contribution in [0.15, 0.2) is 28.7 Å². The van der Waals surface area contributed by atoms with Gasteiger partial charge in [-0.25, -0.2) is 0 Å². The lowest BCUT2D eigenvalue weighted by Crippen LogP contribution is -2.47. The summed E-state index contributed by atoms with van der Waals surface area (Å²) in [6, 6.07) is 6.72. The van der Waals surface area contributed by atoms with Crippen molar-refractivity contribution >= 4 is 21.8 Å². The number of carbonyl (C=O) groups is 1. The largest absolute Gasteiger partial charge is 0.471 e. The topological polar surface area (TPSA) is 29.1 Å². The van der Waals surface area contributed by atoms with Crippen LogP contribution in [0.2, 0.25) is 0 Å². The van der Waals surface area contributed by atoms with E-state index in [-0.39, 0.29) is 0 Å². The zero-order chi connectivity index (χ0) is 13.3. The van der Waals surface area contributed by atoms with Gasteiger partial charge in [-0.15, -0.1) is 0 Å². The number of hydrogen-bond donors (Lipinski definition) is 1. The van der Waals surface area contributed by atoms with Gasteiger partial charge in [0.2, 0.25) is 0 Å². The highest BCUT2D eigenvalue weighted by Crippen LogP contribution is 2.24. The molecule has 0 spiro atoms. The molecule has 0 bridgehead atoms. The van der Waals surface area contributed by atoms with E-state index >= 15 is 0 Å². The minimum atomic E-state index is -4.87. The van der Waals surface area contributed by atoms with Crippen molar-refractivity contribution in [1.29, 1.82) is 0 Å². The predicted molar refractivity (Wildman–Crippen MR) is 61.4 cm³/mol. The molecule has 0 fully saturated rings. The molecule has 6 heteroatoms. The maximum Gasteiger partial charge on any atom is 0.471 e. The summed E-state index contributed by atoms with van der Waals surface area (Å²) in [4.78, 5) is 10.9. The van der Waals surface area contributed by atoms with Crippen LogP contribution >= 0.6 is 15.9 Å². The molecule has 1 aromatic carbocycles. The van der Waals surface area contributed by atoms with Crippen molar-refractivity contribution in [2.45, 2.75) is 25.6 Å². The van der Waals surface area contributed by atoms with Gasteiger partial charge in [-0.2, -0.15) is 13.2 Å². The van der Waals surface area contributed by atoms with E-state index in [2.05, 4.69) is 15.9 Å².